The number of amides is 1. The molecule has 0 spiro atoms. The highest BCUT2D eigenvalue weighted by Gasteiger charge is 2.44. The van der Waals surface area contributed by atoms with Crippen LogP contribution in [-0.4, -0.2) is 74.7 Å². The number of nitrogens with zero attached hydrogens (tertiary/aromatic N) is 2. The Morgan fingerprint density at radius 2 is 1.84 bits per heavy atom. The van der Waals surface area contributed by atoms with Gasteiger partial charge in [-0.25, -0.2) is 0 Å². The topological polar surface area (TPSA) is 47.6 Å². The van der Waals surface area contributed by atoms with Crippen molar-refractivity contribution in [3.8, 4) is 0 Å². The average Bonchev–Trinajstić information content (AvgIpc) is 2.55. The van der Waals surface area contributed by atoms with Crippen LogP contribution in [-0.2, 0) is 4.79 Å². The quantitative estimate of drug-likeness (QED) is 0.803. The summed E-state index contributed by atoms with van der Waals surface area (Å²) in [5.74, 6) is -0.430. The molecule has 25 heavy (non-hydrogen) atoms. The highest BCUT2D eigenvalue weighted by Crippen LogP contribution is 2.25. The van der Waals surface area contributed by atoms with E-state index in [1.54, 1.807) is 43.3 Å². The second-order valence-corrected chi connectivity index (χ2v) is 6.37. The van der Waals surface area contributed by atoms with Gasteiger partial charge in [0.25, 0.3) is 0 Å². The Morgan fingerprint density at radius 1 is 1.24 bits per heavy atom. The first-order valence-electron chi connectivity index (χ1n) is 8.31. The van der Waals surface area contributed by atoms with Crippen molar-refractivity contribution in [3.05, 3.63) is 35.9 Å². The number of hydrogen-bond donors (Lipinski definition) is 2. The number of rotatable bonds is 6. The standard InChI is InChI=1S/C17H25F3N4O/c1-23(2)15(13-6-4-3-5-7-13)16(25)22-12-14(17(18,19)20)24-10-8-21-9-11-24/h3-7,14-15,21H,8-12H2,1-2H3,(H,22,25). The fraction of sp³-hybridized carbons (Fsp3) is 0.588. The minimum Gasteiger partial charge on any atom is -0.353 e. The molecule has 1 aromatic rings. The number of piperazine rings is 1. The molecule has 1 fully saturated rings. The van der Waals surface area contributed by atoms with E-state index in [0.717, 1.165) is 5.56 Å². The van der Waals surface area contributed by atoms with Gasteiger partial charge in [-0.2, -0.15) is 13.2 Å². The molecule has 140 valence electrons. The number of carbonyl (C=O) groups excluding carboxylic acids is 1. The van der Waals surface area contributed by atoms with Gasteiger partial charge in [0.05, 0.1) is 0 Å². The molecule has 0 bridgehead atoms. The molecule has 2 unspecified atom stereocenters. The van der Waals surface area contributed by atoms with E-state index in [1.807, 2.05) is 6.07 Å². The second-order valence-electron chi connectivity index (χ2n) is 6.37. The van der Waals surface area contributed by atoms with Gasteiger partial charge in [-0.15, -0.1) is 0 Å². The zero-order chi connectivity index (χ0) is 18.4. The fourth-order valence-corrected chi connectivity index (χ4v) is 3.06. The molecule has 0 aliphatic carbocycles. The second kappa shape index (κ2) is 8.64. The molecule has 1 saturated heterocycles. The van der Waals surface area contributed by atoms with Crippen LogP contribution in [0.5, 0.6) is 0 Å². The van der Waals surface area contributed by atoms with E-state index in [4.69, 9.17) is 0 Å². The lowest BCUT2D eigenvalue weighted by Gasteiger charge is -2.36. The molecule has 0 aromatic heterocycles. The van der Waals surface area contributed by atoms with Crippen molar-refractivity contribution in [2.45, 2.75) is 18.3 Å². The lowest BCUT2D eigenvalue weighted by molar-refractivity contribution is -0.184. The maximum Gasteiger partial charge on any atom is 0.405 e. The van der Waals surface area contributed by atoms with Gasteiger partial charge in [-0.05, 0) is 19.7 Å². The molecule has 0 saturated carbocycles. The third-order valence-corrected chi connectivity index (χ3v) is 4.32. The monoisotopic (exact) mass is 358 g/mol. The minimum atomic E-state index is -4.38. The third kappa shape index (κ3) is 5.42. The van der Waals surface area contributed by atoms with Crippen molar-refractivity contribution in [1.82, 2.24) is 20.4 Å². The van der Waals surface area contributed by atoms with Gasteiger partial charge in [0.15, 0.2) is 0 Å². The van der Waals surface area contributed by atoms with Crippen molar-refractivity contribution >= 4 is 5.91 Å². The molecule has 8 heteroatoms. The van der Waals surface area contributed by atoms with E-state index in [1.165, 1.54) is 4.90 Å². The first-order valence-corrected chi connectivity index (χ1v) is 8.31. The van der Waals surface area contributed by atoms with Gasteiger partial charge >= 0.3 is 6.18 Å². The Balaban J connectivity index is 2.06. The summed E-state index contributed by atoms with van der Waals surface area (Å²) in [6.07, 6.45) is -4.38. The van der Waals surface area contributed by atoms with Crippen LogP contribution in [0.2, 0.25) is 0 Å². The predicted octanol–water partition coefficient (Wildman–Crippen LogP) is 1.24. The zero-order valence-electron chi connectivity index (χ0n) is 14.5. The molecule has 5 nitrogen and oxygen atoms in total. The number of likely N-dealkylation sites (N-methyl/N-ethyl adjacent to an activating group) is 1. The lowest BCUT2D eigenvalue weighted by atomic mass is 10.1. The van der Waals surface area contributed by atoms with Crippen LogP contribution >= 0.6 is 0 Å². The Morgan fingerprint density at radius 3 is 2.36 bits per heavy atom. The number of alkyl halides is 3. The SMILES string of the molecule is CN(C)C(C(=O)NCC(N1CCNCC1)C(F)(F)F)c1ccccc1. The van der Waals surface area contributed by atoms with Crippen molar-refractivity contribution < 1.29 is 18.0 Å². The minimum absolute atomic E-state index is 0.315. The Bertz CT molecular complexity index is 545. The summed E-state index contributed by atoms with van der Waals surface area (Å²) in [5.41, 5.74) is 0.746. The van der Waals surface area contributed by atoms with E-state index < -0.39 is 30.7 Å². The van der Waals surface area contributed by atoms with Gasteiger partial charge in [0.1, 0.15) is 12.1 Å². The normalized spacial score (nSPS) is 18.8. The summed E-state index contributed by atoms with van der Waals surface area (Å²) in [4.78, 5) is 15.6. The van der Waals surface area contributed by atoms with Crippen LogP contribution in [0.4, 0.5) is 13.2 Å². The number of carbonyl (C=O) groups is 1. The molecular weight excluding hydrogens is 333 g/mol. The number of benzene rings is 1. The highest BCUT2D eigenvalue weighted by atomic mass is 19.4. The van der Waals surface area contributed by atoms with Gasteiger partial charge in [-0.1, -0.05) is 30.3 Å². The van der Waals surface area contributed by atoms with Crippen molar-refractivity contribution in [2.24, 2.45) is 0 Å². The molecule has 1 aromatic carbocycles. The molecule has 2 atom stereocenters. The van der Waals surface area contributed by atoms with Crippen molar-refractivity contribution in [1.29, 1.82) is 0 Å². The van der Waals surface area contributed by atoms with Crippen LogP contribution in [0, 0.1) is 0 Å². The number of nitrogens with one attached hydrogen (secondary N) is 2. The molecule has 0 radical (unpaired) electrons. The zero-order valence-corrected chi connectivity index (χ0v) is 14.5. The Hall–Kier alpha value is -1.64. The molecule has 1 heterocycles. The van der Waals surface area contributed by atoms with Crippen LogP contribution in [0.1, 0.15) is 11.6 Å². The van der Waals surface area contributed by atoms with E-state index in [9.17, 15) is 18.0 Å². The summed E-state index contributed by atoms with van der Waals surface area (Å²) in [6, 6.07) is 6.73. The van der Waals surface area contributed by atoms with E-state index in [-0.39, 0.29) is 0 Å². The fourth-order valence-electron chi connectivity index (χ4n) is 3.06. The van der Waals surface area contributed by atoms with E-state index >= 15 is 0 Å². The van der Waals surface area contributed by atoms with Crippen LogP contribution in [0.3, 0.4) is 0 Å². The van der Waals surface area contributed by atoms with E-state index in [0.29, 0.717) is 26.2 Å². The largest absolute Gasteiger partial charge is 0.405 e. The summed E-state index contributed by atoms with van der Waals surface area (Å²) in [7, 11) is 3.46. The van der Waals surface area contributed by atoms with E-state index in [2.05, 4.69) is 10.6 Å². The number of hydrogen-bond acceptors (Lipinski definition) is 4. The van der Waals surface area contributed by atoms with Gasteiger partial charge in [0.2, 0.25) is 5.91 Å². The Labute approximate surface area is 146 Å². The highest BCUT2D eigenvalue weighted by molar-refractivity contribution is 5.83. The van der Waals surface area contributed by atoms with Gasteiger partial charge in [-0.3, -0.25) is 14.6 Å². The smallest absolute Gasteiger partial charge is 0.353 e. The lowest BCUT2D eigenvalue weighted by Crippen LogP contribution is -2.58. The third-order valence-electron chi connectivity index (χ3n) is 4.32. The summed E-state index contributed by atoms with van der Waals surface area (Å²) < 4.78 is 40.2. The van der Waals surface area contributed by atoms with Crippen molar-refractivity contribution in [3.63, 3.8) is 0 Å². The average molecular weight is 358 g/mol. The van der Waals surface area contributed by atoms with Crippen LogP contribution in [0.25, 0.3) is 0 Å². The molecule has 2 rings (SSSR count). The van der Waals surface area contributed by atoms with Gasteiger partial charge < -0.3 is 10.6 Å². The number of halogens is 3. The first-order chi connectivity index (χ1) is 11.8. The molecule has 1 aliphatic heterocycles. The van der Waals surface area contributed by atoms with Crippen LogP contribution in [0.15, 0.2) is 30.3 Å². The predicted molar refractivity (Wildman–Crippen MR) is 90.2 cm³/mol. The molecule has 1 amide bonds. The summed E-state index contributed by atoms with van der Waals surface area (Å²) in [5, 5.41) is 5.54. The van der Waals surface area contributed by atoms with Gasteiger partial charge in [0, 0.05) is 32.7 Å². The molecule has 1 aliphatic rings. The summed E-state index contributed by atoms with van der Waals surface area (Å²) >= 11 is 0. The Kier molecular flexibility index (Phi) is 6.80. The maximum atomic E-state index is 13.4. The first kappa shape index (κ1) is 19.7. The molecular formula is C17H25F3N4O. The van der Waals surface area contributed by atoms with Crippen LogP contribution < -0.4 is 10.6 Å². The maximum absolute atomic E-state index is 13.4. The molecule has 2 N–H and O–H groups in total. The van der Waals surface area contributed by atoms with Crippen molar-refractivity contribution in [2.75, 3.05) is 46.8 Å². The summed E-state index contributed by atoms with van der Waals surface area (Å²) in [6.45, 7) is 1.22.